The summed E-state index contributed by atoms with van der Waals surface area (Å²) in [4.78, 5) is 0. The van der Waals surface area contributed by atoms with Crippen molar-refractivity contribution in [1.29, 1.82) is 0 Å². The first-order chi connectivity index (χ1) is 10.3. The first-order valence-electron chi connectivity index (χ1n) is 8.67. The van der Waals surface area contributed by atoms with Crippen molar-refractivity contribution >= 4 is 0 Å². The van der Waals surface area contributed by atoms with Crippen LogP contribution in [0.15, 0.2) is 30.3 Å². The van der Waals surface area contributed by atoms with E-state index in [0.717, 1.165) is 25.5 Å². The van der Waals surface area contributed by atoms with Gasteiger partial charge in [-0.15, -0.1) is 0 Å². The van der Waals surface area contributed by atoms with Gasteiger partial charge in [0.25, 0.3) is 0 Å². The van der Waals surface area contributed by atoms with Crippen LogP contribution in [0.25, 0.3) is 0 Å². The van der Waals surface area contributed by atoms with Crippen LogP contribution in [0.4, 0.5) is 0 Å². The van der Waals surface area contributed by atoms with E-state index < -0.39 is 0 Å². The van der Waals surface area contributed by atoms with E-state index in [-0.39, 0.29) is 0 Å². The second-order valence-corrected chi connectivity index (χ2v) is 6.51. The van der Waals surface area contributed by atoms with Crippen molar-refractivity contribution in [3.8, 4) is 0 Å². The number of ether oxygens (including phenoxy) is 1. The normalized spacial score (nSPS) is 18.0. The van der Waals surface area contributed by atoms with Crippen molar-refractivity contribution in [2.24, 2.45) is 5.92 Å². The summed E-state index contributed by atoms with van der Waals surface area (Å²) >= 11 is 0. The third-order valence-electron chi connectivity index (χ3n) is 4.42. The minimum atomic E-state index is 0.341. The second-order valence-electron chi connectivity index (χ2n) is 6.51. The van der Waals surface area contributed by atoms with Gasteiger partial charge in [-0.3, -0.25) is 0 Å². The highest BCUT2D eigenvalue weighted by atomic mass is 16.5. The number of hydrogen-bond acceptors (Lipinski definition) is 2. The van der Waals surface area contributed by atoms with Gasteiger partial charge in [-0.05, 0) is 51.1 Å². The molecule has 0 saturated heterocycles. The Morgan fingerprint density at radius 3 is 2.48 bits per heavy atom. The zero-order valence-corrected chi connectivity index (χ0v) is 13.7. The molecule has 1 atom stereocenters. The summed E-state index contributed by atoms with van der Waals surface area (Å²) in [5, 5.41) is 3.80. The molecule has 0 spiro atoms. The maximum Gasteiger partial charge on any atom is 0.0518 e. The van der Waals surface area contributed by atoms with Gasteiger partial charge in [-0.2, -0.15) is 0 Å². The van der Waals surface area contributed by atoms with E-state index in [1.807, 2.05) is 0 Å². The van der Waals surface area contributed by atoms with Gasteiger partial charge in [0.05, 0.1) is 6.10 Å². The highest BCUT2D eigenvalue weighted by Gasteiger charge is 2.24. The van der Waals surface area contributed by atoms with Crippen LogP contribution in [-0.2, 0) is 4.74 Å². The van der Waals surface area contributed by atoms with Crippen molar-refractivity contribution in [2.45, 2.75) is 64.5 Å². The Labute approximate surface area is 130 Å². The van der Waals surface area contributed by atoms with Gasteiger partial charge in [0.15, 0.2) is 0 Å². The number of nitrogens with one attached hydrogen (secondary N) is 1. The van der Waals surface area contributed by atoms with Crippen LogP contribution in [0, 0.1) is 5.92 Å². The SMILES string of the molecule is CC(C)OCCCNC(c1ccccc1)C1CCCCC1. The summed E-state index contributed by atoms with van der Waals surface area (Å²) in [6.07, 6.45) is 8.38. The molecule has 2 heteroatoms. The third kappa shape index (κ3) is 5.80. The molecule has 0 radical (unpaired) electrons. The number of benzene rings is 1. The van der Waals surface area contributed by atoms with Gasteiger partial charge in [-0.25, -0.2) is 0 Å². The quantitative estimate of drug-likeness (QED) is 0.700. The van der Waals surface area contributed by atoms with E-state index in [4.69, 9.17) is 4.74 Å². The first-order valence-corrected chi connectivity index (χ1v) is 8.67. The average Bonchev–Trinajstić information content (AvgIpc) is 2.52. The smallest absolute Gasteiger partial charge is 0.0518 e. The fraction of sp³-hybridized carbons (Fsp3) is 0.684. The van der Waals surface area contributed by atoms with Gasteiger partial charge in [-0.1, -0.05) is 49.6 Å². The summed E-state index contributed by atoms with van der Waals surface area (Å²) < 4.78 is 5.63. The molecular weight excluding hydrogens is 258 g/mol. The molecule has 1 N–H and O–H groups in total. The van der Waals surface area contributed by atoms with Crippen LogP contribution < -0.4 is 5.32 Å². The molecule has 0 aliphatic heterocycles. The Balaban J connectivity index is 1.86. The van der Waals surface area contributed by atoms with E-state index >= 15 is 0 Å². The van der Waals surface area contributed by atoms with Crippen molar-refractivity contribution in [3.05, 3.63) is 35.9 Å². The summed E-state index contributed by atoms with van der Waals surface area (Å²) in [5.41, 5.74) is 1.45. The Morgan fingerprint density at radius 1 is 1.10 bits per heavy atom. The molecule has 2 rings (SSSR count). The van der Waals surface area contributed by atoms with Crippen molar-refractivity contribution < 1.29 is 4.74 Å². The molecule has 21 heavy (non-hydrogen) atoms. The molecular formula is C19H31NO. The fourth-order valence-corrected chi connectivity index (χ4v) is 3.33. The number of hydrogen-bond donors (Lipinski definition) is 1. The summed E-state index contributed by atoms with van der Waals surface area (Å²) in [5.74, 6) is 0.798. The fourth-order valence-electron chi connectivity index (χ4n) is 3.33. The van der Waals surface area contributed by atoms with Gasteiger partial charge in [0.2, 0.25) is 0 Å². The highest BCUT2D eigenvalue weighted by Crippen LogP contribution is 2.34. The molecule has 2 nitrogen and oxygen atoms in total. The summed E-state index contributed by atoms with van der Waals surface area (Å²) in [6.45, 7) is 6.10. The van der Waals surface area contributed by atoms with E-state index in [1.54, 1.807) is 0 Å². The molecule has 0 bridgehead atoms. The molecule has 1 fully saturated rings. The molecule has 118 valence electrons. The second kappa shape index (κ2) is 9.22. The average molecular weight is 289 g/mol. The van der Waals surface area contributed by atoms with Crippen molar-refractivity contribution in [3.63, 3.8) is 0 Å². The Hall–Kier alpha value is -0.860. The Kier molecular flexibility index (Phi) is 7.25. The third-order valence-corrected chi connectivity index (χ3v) is 4.42. The predicted octanol–water partition coefficient (Wildman–Crippen LogP) is 4.71. The first kappa shape index (κ1) is 16.5. The van der Waals surface area contributed by atoms with Gasteiger partial charge >= 0.3 is 0 Å². The highest BCUT2D eigenvalue weighted by molar-refractivity contribution is 5.19. The number of rotatable bonds is 8. The molecule has 0 amide bonds. The zero-order valence-electron chi connectivity index (χ0n) is 13.7. The predicted molar refractivity (Wildman–Crippen MR) is 89.5 cm³/mol. The maximum atomic E-state index is 5.63. The van der Waals surface area contributed by atoms with E-state index in [2.05, 4.69) is 49.5 Å². The molecule has 1 aliphatic rings. The Morgan fingerprint density at radius 2 is 1.81 bits per heavy atom. The van der Waals surface area contributed by atoms with E-state index in [9.17, 15) is 0 Å². The lowest BCUT2D eigenvalue weighted by atomic mass is 9.81. The summed E-state index contributed by atoms with van der Waals surface area (Å²) in [6, 6.07) is 11.5. The lowest BCUT2D eigenvalue weighted by molar-refractivity contribution is 0.0761. The molecule has 0 aromatic heterocycles. The minimum Gasteiger partial charge on any atom is -0.379 e. The van der Waals surface area contributed by atoms with Gasteiger partial charge in [0.1, 0.15) is 0 Å². The zero-order chi connectivity index (χ0) is 14.9. The van der Waals surface area contributed by atoms with Gasteiger partial charge < -0.3 is 10.1 Å². The molecule has 1 saturated carbocycles. The van der Waals surface area contributed by atoms with E-state index in [1.165, 1.54) is 37.7 Å². The van der Waals surface area contributed by atoms with Crippen LogP contribution in [0.2, 0.25) is 0 Å². The van der Waals surface area contributed by atoms with Crippen molar-refractivity contribution in [1.82, 2.24) is 5.32 Å². The molecule has 1 aromatic rings. The van der Waals surface area contributed by atoms with Crippen LogP contribution in [-0.4, -0.2) is 19.3 Å². The lowest BCUT2D eigenvalue weighted by Gasteiger charge is -2.31. The topological polar surface area (TPSA) is 21.3 Å². The summed E-state index contributed by atoms with van der Waals surface area (Å²) in [7, 11) is 0. The van der Waals surface area contributed by atoms with Crippen LogP contribution in [0.3, 0.4) is 0 Å². The minimum absolute atomic E-state index is 0.341. The molecule has 1 aromatic carbocycles. The molecule has 1 aliphatic carbocycles. The lowest BCUT2D eigenvalue weighted by Crippen LogP contribution is -2.31. The van der Waals surface area contributed by atoms with Crippen LogP contribution in [0.5, 0.6) is 0 Å². The van der Waals surface area contributed by atoms with Gasteiger partial charge in [0, 0.05) is 12.6 Å². The van der Waals surface area contributed by atoms with Crippen molar-refractivity contribution in [2.75, 3.05) is 13.2 Å². The van der Waals surface area contributed by atoms with E-state index in [0.29, 0.717) is 12.1 Å². The molecule has 1 unspecified atom stereocenters. The van der Waals surface area contributed by atoms with Crippen LogP contribution in [0.1, 0.15) is 64.0 Å². The molecule has 0 heterocycles. The Bertz CT molecular complexity index is 370. The maximum absolute atomic E-state index is 5.63. The standard InChI is InChI=1S/C19H31NO/c1-16(2)21-15-9-14-20-19(17-10-5-3-6-11-17)18-12-7-4-8-13-18/h3,5-6,10-11,16,18-20H,4,7-9,12-15H2,1-2H3. The monoisotopic (exact) mass is 289 g/mol. The largest absolute Gasteiger partial charge is 0.379 e. The van der Waals surface area contributed by atoms with Crippen LogP contribution >= 0.6 is 0 Å².